The van der Waals surface area contributed by atoms with E-state index in [1.165, 1.54) is 68.5 Å². The largest absolute Gasteiger partial charge is 0.456 e. The molecule has 46 heavy (non-hydrogen) atoms. The average Bonchev–Trinajstić information content (AvgIpc) is 3.42. The van der Waals surface area contributed by atoms with Gasteiger partial charge in [0.05, 0.1) is 11.2 Å². The molecule has 4 nitrogen and oxygen atoms in total. The molecule has 224 valence electrons. The maximum atomic E-state index is 7.18. The third kappa shape index (κ3) is 3.94. The molecule has 5 heteroatoms. The third-order valence-corrected chi connectivity index (χ3v) is 10.1. The fourth-order valence-electron chi connectivity index (χ4n) is 8.13. The van der Waals surface area contributed by atoms with Crippen molar-refractivity contribution in [3.63, 3.8) is 0 Å². The summed E-state index contributed by atoms with van der Waals surface area (Å²) in [5, 5.41) is 1.38. The van der Waals surface area contributed by atoms with Gasteiger partial charge in [-0.1, -0.05) is 66.7 Å². The average molecular weight is 598 g/mol. The summed E-state index contributed by atoms with van der Waals surface area (Å²) in [6.45, 7) is 2.12. The Kier molecular flexibility index (Phi) is 6.18. The third-order valence-electron chi connectivity index (χ3n) is 10.1. The number of rotatable bonds is 4. The summed E-state index contributed by atoms with van der Waals surface area (Å²) >= 11 is 0. The van der Waals surface area contributed by atoms with E-state index in [2.05, 4.69) is 151 Å². The summed E-state index contributed by atoms with van der Waals surface area (Å²) in [4.78, 5) is 4.62. The molecule has 0 radical (unpaired) electrons. The van der Waals surface area contributed by atoms with Crippen LogP contribution in [0.5, 0.6) is 11.5 Å². The van der Waals surface area contributed by atoms with E-state index in [-0.39, 0.29) is 6.71 Å². The summed E-state index contributed by atoms with van der Waals surface area (Å²) in [5.74, 6) is 1.90. The SMILES string of the molecule is C/C=C/c1cc2c3c(c1)N(c1ccccc1)c1cc(N(C)C)ccc1B3c1cccc(-n3c4c(c5ccccc53)CCCC4)c1O2. The molecule has 0 N–H and O–H groups in total. The lowest BCUT2D eigenvalue weighted by Gasteiger charge is -2.41. The zero-order chi connectivity index (χ0) is 30.9. The van der Waals surface area contributed by atoms with Crippen molar-refractivity contribution in [2.24, 2.45) is 0 Å². The zero-order valence-corrected chi connectivity index (χ0v) is 26.6. The molecule has 5 aromatic carbocycles. The molecule has 0 spiro atoms. The van der Waals surface area contributed by atoms with E-state index in [9.17, 15) is 0 Å². The molecule has 0 saturated heterocycles. The van der Waals surface area contributed by atoms with E-state index in [4.69, 9.17) is 4.74 Å². The molecule has 6 aromatic rings. The van der Waals surface area contributed by atoms with Gasteiger partial charge in [0, 0.05) is 47.9 Å². The molecule has 1 aromatic heterocycles. The lowest BCUT2D eigenvalue weighted by atomic mass is 9.34. The molecular formula is C41H36BN3O. The summed E-state index contributed by atoms with van der Waals surface area (Å²) < 4.78 is 9.69. The molecule has 0 unspecified atom stereocenters. The molecular weight excluding hydrogens is 561 g/mol. The Hall–Kier alpha value is -5.16. The number of para-hydroxylation sites is 3. The van der Waals surface area contributed by atoms with Crippen LogP contribution in [0.2, 0.25) is 0 Å². The van der Waals surface area contributed by atoms with E-state index in [0.29, 0.717) is 0 Å². The Morgan fingerprint density at radius 3 is 2.43 bits per heavy atom. The van der Waals surface area contributed by atoms with E-state index in [1.54, 1.807) is 0 Å². The molecule has 0 saturated carbocycles. The highest BCUT2D eigenvalue weighted by atomic mass is 16.5. The summed E-state index contributed by atoms with van der Waals surface area (Å²) in [6, 6.07) is 38.0. The van der Waals surface area contributed by atoms with Gasteiger partial charge >= 0.3 is 0 Å². The van der Waals surface area contributed by atoms with Crippen LogP contribution in [0.4, 0.5) is 22.7 Å². The number of aromatic nitrogens is 1. The van der Waals surface area contributed by atoms with Crippen molar-refractivity contribution in [3.8, 4) is 17.2 Å². The molecule has 1 aliphatic carbocycles. The number of anilines is 4. The Morgan fingerprint density at radius 1 is 0.761 bits per heavy atom. The van der Waals surface area contributed by atoms with E-state index < -0.39 is 0 Å². The lowest BCUT2D eigenvalue weighted by Crippen LogP contribution is -2.59. The van der Waals surface area contributed by atoms with Crippen LogP contribution in [0.15, 0.2) is 109 Å². The fraction of sp³-hybridized carbons (Fsp3) is 0.171. The first kappa shape index (κ1) is 27.2. The minimum absolute atomic E-state index is 0.0391. The van der Waals surface area contributed by atoms with Gasteiger partial charge in [-0.15, -0.1) is 0 Å². The van der Waals surface area contributed by atoms with Crippen molar-refractivity contribution in [3.05, 3.63) is 126 Å². The van der Waals surface area contributed by atoms with Gasteiger partial charge in [-0.25, -0.2) is 0 Å². The van der Waals surface area contributed by atoms with Crippen molar-refractivity contribution in [2.75, 3.05) is 23.9 Å². The van der Waals surface area contributed by atoms with Crippen LogP contribution >= 0.6 is 0 Å². The number of aryl methyl sites for hydroxylation is 1. The van der Waals surface area contributed by atoms with Crippen molar-refractivity contribution < 1.29 is 4.74 Å². The van der Waals surface area contributed by atoms with Crippen LogP contribution in [0.25, 0.3) is 22.7 Å². The van der Waals surface area contributed by atoms with Crippen LogP contribution in [-0.2, 0) is 12.8 Å². The van der Waals surface area contributed by atoms with Gasteiger partial charge in [0.15, 0.2) is 0 Å². The summed E-state index contributed by atoms with van der Waals surface area (Å²) in [7, 11) is 4.23. The second kappa shape index (κ2) is 10.5. The molecule has 0 bridgehead atoms. The molecule has 2 aliphatic heterocycles. The number of hydrogen-bond donors (Lipinski definition) is 0. The second-order valence-electron chi connectivity index (χ2n) is 13.0. The van der Waals surface area contributed by atoms with Gasteiger partial charge in [-0.05, 0) is 109 Å². The summed E-state index contributed by atoms with van der Waals surface area (Å²) in [5.41, 5.74) is 14.9. The van der Waals surface area contributed by atoms with Crippen molar-refractivity contribution in [1.82, 2.24) is 4.57 Å². The second-order valence-corrected chi connectivity index (χ2v) is 13.0. The molecule has 0 amide bonds. The predicted octanol–water partition coefficient (Wildman–Crippen LogP) is 8.01. The monoisotopic (exact) mass is 597 g/mol. The van der Waals surface area contributed by atoms with Crippen molar-refractivity contribution >= 4 is 62.8 Å². The van der Waals surface area contributed by atoms with Crippen LogP contribution in [0.1, 0.15) is 36.6 Å². The first-order valence-corrected chi connectivity index (χ1v) is 16.5. The van der Waals surface area contributed by atoms with Crippen molar-refractivity contribution in [1.29, 1.82) is 0 Å². The standard InChI is InChI=1S/C41H36BN3O/c1-4-13-27-24-38-40-39(25-27)46-41-33(18-12-21-36(41)45-34-19-10-8-16-30(34)31-17-9-11-20-35(31)45)42(40)32-23-22-29(43(2)3)26-37(32)44(38)28-14-6-5-7-15-28/h4-8,10,12-16,18-19,21-26H,9,11,17,20H2,1-3H3/b13-4+. The van der Waals surface area contributed by atoms with Crippen LogP contribution in [0, 0.1) is 0 Å². The first-order valence-electron chi connectivity index (χ1n) is 16.5. The molecule has 0 atom stereocenters. The Bertz CT molecular complexity index is 2200. The maximum absolute atomic E-state index is 7.18. The number of nitrogens with zero attached hydrogens (tertiary/aromatic N) is 3. The van der Waals surface area contributed by atoms with Crippen molar-refractivity contribution in [2.45, 2.75) is 32.6 Å². The zero-order valence-electron chi connectivity index (χ0n) is 26.6. The minimum Gasteiger partial charge on any atom is -0.456 e. The van der Waals surface area contributed by atoms with Gasteiger partial charge in [0.25, 0.3) is 6.71 Å². The van der Waals surface area contributed by atoms with E-state index >= 15 is 0 Å². The van der Waals surface area contributed by atoms with Crippen LogP contribution < -0.4 is 30.9 Å². The Balaban J connectivity index is 1.35. The van der Waals surface area contributed by atoms with Gasteiger partial charge in [0.2, 0.25) is 0 Å². The first-order chi connectivity index (χ1) is 22.6. The molecule has 9 rings (SSSR count). The van der Waals surface area contributed by atoms with Crippen LogP contribution in [-0.4, -0.2) is 25.4 Å². The maximum Gasteiger partial charge on any atom is 0.256 e. The lowest BCUT2D eigenvalue weighted by molar-refractivity contribution is 0.484. The Labute approximate surface area is 271 Å². The highest BCUT2D eigenvalue weighted by molar-refractivity contribution is 6.99. The van der Waals surface area contributed by atoms with E-state index in [1.807, 2.05) is 0 Å². The van der Waals surface area contributed by atoms with Gasteiger partial charge in [-0.2, -0.15) is 0 Å². The van der Waals surface area contributed by atoms with Gasteiger partial charge in [-0.3, -0.25) is 0 Å². The fourth-order valence-corrected chi connectivity index (χ4v) is 8.13. The van der Waals surface area contributed by atoms with E-state index in [0.717, 1.165) is 41.3 Å². The quantitative estimate of drug-likeness (QED) is 0.192. The predicted molar refractivity (Wildman–Crippen MR) is 195 cm³/mol. The van der Waals surface area contributed by atoms with Crippen LogP contribution in [0.3, 0.4) is 0 Å². The Morgan fingerprint density at radius 2 is 1.59 bits per heavy atom. The van der Waals surface area contributed by atoms with Gasteiger partial charge in [0.1, 0.15) is 11.5 Å². The number of fused-ring (bicyclic) bond motifs is 7. The number of hydrogen-bond acceptors (Lipinski definition) is 3. The highest BCUT2D eigenvalue weighted by Gasteiger charge is 2.43. The topological polar surface area (TPSA) is 20.6 Å². The molecule has 3 heterocycles. The number of allylic oxidation sites excluding steroid dienone is 1. The molecule has 3 aliphatic rings. The number of ether oxygens (including phenoxy) is 1. The highest BCUT2D eigenvalue weighted by Crippen LogP contribution is 2.44. The normalized spacial score (nSPS) is 14.5. The number of benzene rings is 5. The van der Waals surface area contributed by atoms with Gasteiger partial charge < -0.3 is 19.1 Å². The summed E-state index contributed by atoms with van der Waals surface area (Å²) in [6.07, 6.45) is 8.99. The minimum atomic E-state index is 0.0391. The smallest absolute Gasteiger partial charge is 0.256 e. The molecule has 0 fully saturated rings.